The van der Waals surface area contributed by atoms with Gasteiger partial charge < -0.3 is 10.3 Å². The average molecular weight is 285 g/mol. The van der Waals surface area contributed by atoms with Crippen LogP contribution in [0.3, 0.4) is 0 Å². The third kappa shape index (κ3) is 2.28. The number of hydrogen-bond donors (Lipinski definition) is 1. The summed E-state index contributed by atoms with van der Waals surface area (Å²) in [5, 5.41) is 0. The number of para-hydroxylation sites is 2. The van der Waals surface area contributed by atoms with Gasteiger partial charge in [0.1, 0.15) is 10.8 Å². The van der Waals surface area contributed by atoms with Crippen LogP contribution in [-0.2, 0) is 6.54 Å². The average Bonchev–Trinajstić information content (AvgIpc) is 2.84. The molecular weight excluding hydrogens is 273 g/mol. The lowest BCUT2D eigenvalue weighted by atomic mass is 10.1. The Morgan fingerprint density at radius 3 is 2.85 bits per heavy atom. The third-order valence-corrected chi connectivity index (χ3v) is 3.43. The van der Waals surface area contributed by atoms with E-state index in [1.165, 1.54) is 6.07 Å². The van der Waals surface area contributed by atoms with Crippen molar-refractivity contribution in [3.63, 3.8) is 0 Å². The summed E-state index contributed by atoms with van der Waals surface area (Å²) in [7, 11) is 0. The molecule has 0 bridgehead atoms. The number of fused-ring (bicyclic) bond motifs is 1. The van der Waals surface area contributed by atoms with Crippen LogP contribution in [0.5, 0.6) is 0 Å². The van der Waals surface area contributed by atoms with Gasteiger partial charge >= 0.3 is 0 Å². The number of hydrogen-bond acceptors (Lipinski definition) is 2. The molecule has 1 heterocycles. The molecule has 3 aromatic rings. The lowest BCUT2D eigenvalue weighted by Gasteiger charge is -2.08. The van der Waals surface area contributed by atoms with E-state index in [-0.39, 0.29) is 10.8 Å². The van der Waals surface area contributed by atoms with Crippen molar-refractivity contribution in [3.05, 3.63) is 65.7 Å². The number of rotatable bonds is 3. The van der Waals surface area contributed by atoms with Crippen LogP contribution in [0.4, 0.5) is 4.39 Å². The molecule has 0 saturated heterocycles. The number of imidazole rings is 1. The van der Waals surface area contributed by atoms with Crippen molar-refractivity contribution in [1.29, 1.82) is 0 Å². The van der Waals surface area contributed by atoms with Crippen molar-refractivity contribution in [2.24, 2.45) is 5.73 Å². The Morgan fingerprint density at radius 2 is 2.05 bits per heavy atom. The fraction of sp³-hybridized carbons (Fsp3) is 0.0667. The minimum Gasteiger partial charge on any atom is -0.389 e. The second-order valence-electron chi connectivity index (χ2n) is 4.53. The molecule has 5 heteroatoms. The van der Waals surface area contributed by atoms with Crippen molar-refractivity contribution in [2.75, 3.05) is 0 Å². The van der Waals surface area contributed by atoms with Crippen LogP contribution >= 0.6 is 12.2 Å². The first-order valence-electron chi connectivity index (χ1n) is 6.13. The first kappa shape index (κ1) is 12.7. The summed E-state index contributed by atoms with van der Waals surface area (Å²) in [6.45, 7) is 0.392. The fourth-order valence-electron chi connectivity index (χ4n) is 2.17. The zero-order valence-corrected chi connectivity index (χ0v) is 11.4. The van der Waals surface area contributed by atoms with Gasteiger partial charge in [0.25, 0.3) is 0 Å². The second-order valence-corrected chi connectivity index (χ2v) is 4.97. The first-order chi connectivity index (χ1) is 9.65. The van der Waals surface area contributed by atoms with Crippen LogP contribution in [0.2, 0.25) is 0 Å². The van der Waals surface area contributed by atoms with Crippen molar-refractivity contribution in [3.8, 4) is 0 Å². The van der Waals surface area contributed by atoms with E-state index in [0.717, 1.165) is 11.0 Å². The topological polar surface area (TPSA) is 43.8 Å². The SMILES string of the molecule is NC(=S)c1ccc(F)c(Cn2cnc3ccccc32)c1. The Bertz CT molecular complexity index is 795. The molecule has 0 amide bonds. The van der Waals surface area contributed by atoms with Crippen LogP contribution in [0.1, 0.15) is 11.1 Å². The fourth-order valence-corrected chi connectivity index (χ4v) is 2.30. The summed E-state index contributed by atoms with van der Waals surface area (Å²) < 4.78 is 15.8. The Kier molecular flexibility index (Phi) is 3.20. The number of benzene rings is 2. The van der Waals surface area contributed by atoms with Gasteiger partial charge in [-0.1, -0.05) is 24.4 Å². The predicted octanol–water partition coefficient (Wildman–Crippen LogP) is 2.86. The van der Waals surface area contributed by atoms with Gasteiger partial charge in [0, 0.05) is 11.1 Å². The molecule has 0 aliphatic rings. The summed E-state index contributed by atoms with van der Waals surface area (Å²) in [5.74, 6) is -0.275. The van der Waals surface area contributed by atoms with E-state index in [1.807, 2.05) is 28.8 Å². The largest absolute Gasteiger partial charge is 0.389 e. The molecule has 20 heavy (non-hydrogen) atoms. The summed E-state index contributed by atoms with van der Waals surface area (Å²) >= 11 is 4.93. The van der Waals surface area contributed by atoms with E-state index in [1.54, 1.807) is 18.5 Å². The van der Waals surface area contributed by atoms with Crippen molar-refractivity contribution in [2.45, 2.75) is 6.54 Å². The molecule has 3 rings (SSSR count). The Hall–Kier alpha value is -2.27. The maximum atomic E-state index is 13.9. The van der Waals surface area contributed by atoms with E-state index in [0.29, 0.717) is 17.7 Å². The van der Waals surface area contributed by atoms with Crippen LogP contribution in [0.25, 0.3) is 11.0 Å². The maximum Gasteiger partial charge on any atom is 0.128 e. The van der Waals surface area contributed by atoms with Gasteiger partial charge in [-0.05, 0) is 30.3 Å². The van der Waals surface area contributed by atoms with E-state index >= 15 is 0 Å². The molecule has 2 N–H and O–H groups in total. The summed E-state index contributed by atoms with van der Waals surface area (Å²) in [4.78, 5) is 4.56. The van der Waals surface area contributed by atoms with Crippen LogP contribution in [-0.4, -0.2) is 14.5 Å². The lowest BCUT2D eigenvalue weighted by molar-refractivity contribution is 0.601. The highest BCUT2D eigenvalue weighted by Gasteiger charge is 2.08. The third-order valence-electron chi connectivity index (χ3n) is 3.20. The number of thiocarbonyl (C=S) groups is 1. The molecule has 0 aliphatic heterocycles. The second kappa shape index (κ2) is 5.02. The summed E-state index contributed by atoms with van der Waals surface area (Å²) in [6, 6.07) is 12.4. The van der Waals surface area contributed by atoms with E-state index < -0.39 is 0 Å². The van der Waals surface area contributed by atoms with Crippen molar-refractivity contribution >= 4 is 28.2 Å². The van der Waals surface area contributed by atoms with Crippen molar-refractivity contribution in [1.82, 2.24) is 9.55 Å². The molecule has 100 valence electrons. The molecule has 2 aromatic carbocycles. The van der Waals surface area contributed by atoms with Crippen LogP contribution in [0, 0.1) is 5.82 Å². The maximum absolute atomic E-state index is 13.9. The Balaban J connectivity index is 2.02. The molecular formula is C15H12FN3S. The monoisotopic (exact) mass is 285 g/mol. The lowest BCUT2D eigenvalue weighted by Crippen LogP contribution is -2.11. The van der Waals surface area contributed by atoms with E-state index in [4.69, 9.17) is 18.0 Å². The standard InChI is InChI=1S/C15H12FN3S/c16-12-6-5-10(15(17)20)7-11(12)8-19-9-18-13-3-1-2-4-14(13)19/h1-7,9H,8H2,(H2,17,20). The molecule has 0 saturated carbocycles. The molecule has 0 aliphatic carbocycles. The highest BCUT2D eigenvalue weighted by molar-refractivity contribution is 7.80. The number of nitrogens with two attached hydrogens (primary N) is 1. The van der Waals surface area contributed by atoms with Gasteiger partial charge in [-0.3, -0.25) is 0 Å². The highest BCUT2D eigenvalue weighted by atomic mass is 32.1. The molecule has 0 atom stereocenters. The van der Waals surface area contributed by atoms with Crippen LogP contribution in [0.15, 0.2) is 48.8 Å². The minimum atomic E-state index is -0.275. The molecule has 1 aromatic heterocycles. The first-order valence-corrected chi connectivity index (χ1v) is 6.54. The van der Waals surface area contributed by atoms with E-state index in [2.05, 4.69) is 4.98 Å². The van der Waals surface area contributed by atoms with Gasteiger partial charge in [0.2, 0.25) is 0 Å². The highest BCUT2D eigenvalue weighted by Crippen LogP contribution is 2.17. The Labute approximate surface area is 120 Å². The zero-order valence-electron chi connectivity index (χ0n) is 10.6. The molecule has 0 unspecified atom stereocenters. The van der Waals surface area contributed by atoms with Crippen LogP contribution < -0.4 is 5.73 Å². The molecule has 0 radical (unpaired) electrons. The minimum absolute atomic E-state index is 0.265. The van der Waals surface area contributed by atoms with Gasteiger partial charge in [0.15, 0.2) is 0 Å². The molecule has 0 fully saturated rings. The van der Waals surface area contributed by atoms with Gasteiger partial charge in [0.05, 0.1) is 23.9 Å². The van der Waals surface area contributed by atoms with Gasteiger partial charge in [-0.2, -0.15) is 0 Å². The normalized spacial score (nSPS) is 10.8. The quantitative estimate of drug-likeness (QED) is 0.753. The van der Waals surface area contributed by atoms with Gasteiger partial charge in [-0.25, -0.2) is 9.37 Å². The summed E-state index contributed by atoms with van der Waals surface area (Å²) in [5.41, 5.74) is 8.65. The smallest absolute Gasteiger partial charge is 0.128 e. The van der Waals surface area contributed by atoms with Gasteiger partial charge in [-0.15, -0.1) is 0 Å². The van der Waals surface area contributed by atoms with E-state index in [9.17, 15) is 4.39 Å². The predicted molar refractivity (Wildman–Crippen MR) is 81.1 cm³/mol. The number of halogens is 1. The number of nitrogens with zero attached hydrogens (tertiary/aromatic N) is 2. The zero-order chi connectivity index (χ0) is 14.1. The molecule has 3 nitrogen and oxygen atoms in total. The summed E-state index contributed by atoms with van der Waals surface area (Å²) in [6.07, 6.45) is 1.71. The number of aromatic nitrogens is 2. The molecule has 0 spiro atoms. The Morgan fingerprint density at radius 1 is 1.25 bits per heavy atom. The van der Waals surface area contributed by atoms with Crippen molar-refractivity contribution < 1.29 is 4.39 Å².